The second-order valence-electron chi connectivity index (χ2n) is 5.69. The van der Waals surface area contributed by atoms with Crippen LogP contribution in [0.5, 0.6) is 11.5 Å². The number of benzene rings is 2. The molecule has 0 radical (unpaired) electrons. The fourth-order valence-corrected chi connectivity index (χ4v) is 3.77. The number of methoxy groups -OCH3 is 2. The molecule has 0 saturated carbocycles. The Bertz CT molecular complexity index is 1240. The molecule has 2 aromatic carbocycles. The average Bonchev–Trinajstić information content (AvgIpc) is 3.02. The van der Waals surface area contributed by atoms with Gasteiger partial charge in [0.05, 0.1) is 42.0 Å². The number of carbonyl (C=O) groups is 1. The monoisotopic (exact) mass is 415 g/mol. The minimum absolute atomic E-state index is 0.0891. The molecule has 0 aliphatic rings. The van der Waals surface area contributed by atoms with Crippen molar-refractivity contribution in [2.75, 3.05) is 14.2 Å². The van der Waals surface area contributed by atoms with Crippen LogP contribution in [0.1, 0.15) is 10.4 Å². The van der Waals surface area contributed by atoms with Gasteiger partial charge in [0.1, 0.15) is 11.4 Å². The Hall–Kier alpha value is -3.71. The van der Waals surface area contributed by atoms with Gasteiger partial charge in [0.2, 0.25) is 0 Å². The number of hydrogen-bond acceptors (Lipinski definition) is 6. The molecule has 8 nitrogen and oxygen atoms in total. The largest absolute Gasteiger partial charge is 0.493 e. The number of nitro benzene ring substituents is 1. The van der Waals surface area contributed by atoms with Crippen molar-refractivity contribution < 1.29 is 23.6 Å². The van der Waals surface area contributed by atoms with Crippen LogP contribution in [0.4, 0.5) is 10.1 Å². The summed E-state index contributed by atoms with van der Waals surface area (Å²) >= 11 is 1.05. The van der Waals surface area contributed by atoms with E-state index >= 15 is 0 Å². The van der Waals surface area contributed by atoms with Crippen LogP contribution >= 0.6 is 11.3 Å². The molecule has 3 aromatic rings. The molecule has 0 aliphatic heterocycles. The first-order valence-electron chi connectivity index (χ1n) is 8.11. The minimum atomic E-state index is -0.865. The predicted octanol–water partition coefficient (Wildman–Crippen LogP) is 3.14. The lowest BCUT2D eigenvalue weighted by Gasteiger charge is -2.08. The summed E-state index contributed by atoms with van der Waals surface area (Å²) in [6.45, 7) is 0.0891. The first-order chi connectivity index (χ1) is 13.9. The summed E-state index contributed by atoms with van der Waals surface area (Å²) in [6.07, 6.45) is 5.40. The van der Waals surface area contributed by atoms with E-state index in [-0.39, 0.29) is 28.4 Å². The van der Waals surface area contributed by atoms with Crippen molar-refractivity contribution in [1.29, 1.82) is 0 Å². The van der Waals surface area contributed by atoms with Crippen LogP contribution in [0.25, 0.3) is 10.2 Å². The maximum Gasteiger partial charge on any atom is 0.286 e. The molecule has 0 fully saturated rings. The molecule has 29 heavy (non-hydrogen) atoms. The lowest BCUT2D eigenvalue weighted by Crippen LogP contribution is -2.17. The second-order valence-corrected chi connectivity index (χ2v) is 6.69. The molecule has 0 aliphatic carbocycles. The number of amides is 1. The fraction of sp³-hybridized carbons (Fsp3) is 0.158. The molecule has 1 heterocycles. The van der Waals surface area contributed by atoms with Crippen molar-refractivity contribution in [3.8, 4) is 23.8 Å². The third-order valence-corrected chi connectivity index (χ3v) is 5.06. The van der Waals surface area contributed by atoms with Crippen molar-refractivity contribution in [2.45, 2.75) is 6.54 Å². The summed E-state index contributed by atoms with van der Waals surface area (Å²) in [7, 11) is 2.67. The summed E-state index contributed by atoms with van der Waals surface area (Å²) < 4.78 is 25.8. The van der Waals surface area contributed by atoms with E-state index in [9.17, 15) is 19.3 Å². The zero-order chi connectivity index (χ0) is 21.1. The Morgan fingerprint density at radius 3 is 2.62 bits per heavy atom. The number of thiazole rings is 1. The molecular formula is C19H14FN3O5S. The highest BCUT2D eigenvalue weighted by molar-refractivity contribution is 7.16. The molecule has 10 heteroatoms. The Morgan fingerprint density at radius 1 is 1.31 bits per heavy atom. The predicted molar refractivity (Wildman–Crippen MR) is 105 cm³/mol. The zero-order valence-electron chi connectivity index (χ0n) is 15.3. The summed E-state index contributed by atoms with van der Waals surface area (Å²) in [6, 6.07) is 6.39. The highest BCUT2D eigenvalue weighted by Gasteiger charge is 2.24. The normalized spacial score (nSPS) is 11.3. The minimum Gasteiger partial charge on any atom is -0.493 e. The lowest BCUT2D eigenvalue weighted by molar-refractivity contribution is -0.385. The van der Waals surface area contributed by atoms with Crippen LogP contribution < -0.4 is 14.3 Å². The molecule has 0 unspecified atom stereocenters. The van der Waals surface area contributed by atoms with E-state index in [0.717, 1.165) is 17.4 Å². The molecule has 1 amide bonds. The van der Waals surface area contributed by atoms with E-state index in [2.05, 4.69) is 10.9 Å². The van der Waals surface area contributed by atoms with Crippen molar-refractivity contribution in [2.24, 2.45) is 4.99 Å². The number of aromatic nitrogens is 1. The summed E-state index contributed by atoms with van der Waals surface area (Å²) in [4.78, 5) is 27.7. The number of ether oxygens (including phenoxy) is 2. The van der Waals surface area contributed by atoms with Crippen molar-refractivity contribution in [3.05, 3.63) is 56.6 Å². The number of hydrogen-bond donors (Lipinski definition) is 0. The molecule has 0 spiro atoms. The third kappa shape index (κ3) is 3.81. The van der Waals surface area contributed by atoms with Gasteiger partial charge in [-0.1, -0.05) is 17.3 Å². The maximum atomic E-state index is 13.5. The quantitative estimate of drug-likeness (QED) is 0.362. The van der Waals surface area contributed by atoms with E-state index in [0.29, 0.717) is 10.2 Å². The van der Waals surface area contributed by atoms with Crippen LogP contribution in [0.15, 0.2) is 35.3 Å². The highest BCUT2D eigenvalue weighted by atomic mass is 32.1. The number of halogens is 1. The van der Waals surface area contributed by atoms with Gasteiger partial charge >= 0.3 is 0 Å². The Kier molecular flexibility index (Phi) is 5.61. The van der Waals surface area contributed by atoms with Crippen LogP contribution in [0.2, 0.25) is 0 Å². The molecule has 1 aromatic heterocycles. The van der Waals surface area contributed by atoms with E-state index in [1.54, 1.807) is 4.57 Å². The number of rotatable bonds is 5. The van der Waals surface area contributed by atoms with Crippen molar-refractivity contribution >= 4 is 33.1 Å². The molecule has 148 valence electrons. The van der Waals surface area contributed by atoms with Gasteiger partial charge in [-0.25, -0.2) is 4.39 Å². The van der Waals surface area contributed by atoms with Gasteiger partial charge < -0.3 is 14.0 Å². The van der Waals surface area contributed by atoms with Crippen molar-refractivity contribution in [3.63, 3.8) is 0 Å². The van der Waals surface area contributed by atoms with Gasteiger partial charge in [-0.05, 0) is 18.2 Å². The Labute approximate surface area is 168 Å². The van der Waals surface area contributed by atoms with Gasteiger partial charge in [-0.15, -0.1) is 6.42 Å². The number of nitrogens with zero attached hydrogens (tertiary/aromatic N) is 3. The molecule has 0 N–H and O–H groups in total. The van der Waals surface area contributed by atoms with Crippen LogP contribution in [-0.2, 0) is 6.54 Å². The summed E-state index contributed by atoms with van der Waals surface area (Å²) in [5.74, 6) is 1.40. The van der Waals surface area contributed by atoms with Crippen molar-refractivity contribution in [1.82, 2.24) is 4.57 Å². The number of fused-ring (bicyclic) bond motifs is 1. The van der Waals surface area contributed by atoms with E-state index in [1.165, 1.54) is 38.5 Å². The third-order valence-electron chi connectivity index (χ3n) is 4.02. The van der Waals surface area contributed by atoms with Gasteiger partial charge in [-0.2, -0.15) is 4.99 Å². The van der Waals surface area contributed by atoms with Gasteiger partial charge in [-0.3, -0.25) is 14.9 Å². The maximum absolute atomic E-state index is 13.5. The van der Waals surface area contributed by atoms with E-state index in [1.807, 2.05) is 0 Å². The van der Waals surface area contributed by atoms with Crippen LogP contribution in [0, 0.1) is 28.3 Å². The number of carbonyl (C=O) groups excluding carboxylic acids is 1. The first-order valence-corrected chi connectivity index (χ1v) is 8.93. The Morgan fingerprint density at radius 2 is 2.00 bits per heavy atom. The average molecular weight is 415 g/mol. The van der Waals surface area contributed by atoms with Gasteiger partial charge in [0, 0.05) is 6.07 Å². The number of nitro groups is 1. The highest BCUT2D eigenvalue weighted by Crippen LogP contribution is 2.34. The molecule has 0 bridgehead atoms. The summed E-state index contributed by atoms with van der Waals surface area (Å²) in [5, 5.41) is 11.4. The van der Waals surface area contributed by atoms with Crippen LogP contribution in [0.3, 0.4) is 0 Å². The smallest absolute Gasteiger partial charge is 0.286 e. The zero-order valence-corrected chi connectivity index (χ0v) is 16.2. The molecule has 0 atom stereocenters. The molecule has 3 rings (SSSR count). The summed E-state index contributed by atoms with van der Waals surface area (Å²) in [5.41, 5.74) is -0.154. The Balaban J connectivity index is 2.22. The molecule has 0 saturated heterocycles. The van der Waals surface area contributed by atoms with Gasteiger partial charge in [0.15, 0.2) is 16.3 Å². The van der Waals surface area contributed by atoms with E-state index in [4.69, 9.17) is 15.9 Å². The molecular weight excluding hydrogens is 401 g/mol. The standard InChI is InChI=1S/C19H14FN3O5S/c1-4-7-22-13-6-5-11(20)8-17(13)29-19(22)21-18(24)12-9-15(27-2)16(28-3)10-14(12)23(25)26/h1,5-6,8-10H,7H2,2-3H3. The SMILES string of the molecule is C#CCn1c(=NC(=O)c2cc(OC)c(OC)cc2[N+](=O)[O-])sc2cc(F)ccc21. The topological polar surface area (TPSA) is 96.0 Å². The number of terminal acetylenes is 1. The lowest BCUT2D eigenvalue weighted by atomic mass is 10.1. The van der Waals surface area contributed by atoms with Gasteiger partial charge in [0.25, 0.3) is 11.6 Å². The first kappa shape index (κ1) is 20.0. The second kappa shape index (κ2) is 8.12. The fourth-order valence-electron chi connectivity index (χ4n) is 2.71. The van der Waals surface area contributed by atoms with Crippen LogP contribution in [-0.4, -0.2) is 29.6 Å². The van der Waals surface area contributed by atoms with E-state index < -0.39 is 22.3 Å².